The molecule has 24 heavy (non-hydrogen) atoms. The van der Waals surface area contributed by atoms with Crippen molar-refractivity contribution in [2.24, 2.45) is 0 Å². The van der Waals surface area contributed by atoms with Crippen LogP contribution >= 0.6 is 22.7 Å². The van der Waals surface area contributed by atoms with E-state index in [0.717, 1.165) is 27.0 Å². The Morgan fingerprint density at radius 1 is 1.08 bits per heavy atom. The number of nitrogens with zero attached hydrogens (tertiary/aromatic N) is 4. The third kappa shape index (κ3) is 2.27. The number of aromatic nitrogens is 4. The maximum atomic E-state index is 5.43. The van der Waals surface area contributed by atoms with Crippen molar-refractivity contribution in [2.45, 2.75) is 0 Å². The first-order chi connectivity index (χ1) is 11.9. The van der Waals surface area contributed by atoms with E-state index in [1.807, 2.05) is 30.3 Å². The van der Waals surface area contributed by atoms with Gasteiger partial charge in [0, 0.05) is 10.4 Å². The van der Waals surface area contributed by atoms with Crippen molar-refractivity contribution in [3.8, 4) is 22.9 Å². The number of hydrogen-bond donors (Lipinski definition) is 0. The summed E-state index contributed by atoms with van der Waals surface area (Å²) in [6, 6.07) is 9.81. The molecule has 0 unspecified atom stereocenters. The minimum atomic E-state index is 0.252. The number of rotatable bonds is 3. The highest BCUT2D eigenvalue weighted by Crippen LogP contribution is 2.35. The quantitative estimate of drug-likeness (QED) is 0.560. The molecule has 0 N–H and O–H groups in total. The molecule has 0 fully saturated rings. The van der Waals surface area contributed by atoms with Gasteiger partial charge in [-0.25, -0.2) is 0 Å². The molecule has 0 atom stereocenters. The van der Waals surface area contributed by atoms with Gasteiger partial charge in [0.15, 0.2) is 17.3 Å². The number of thiophene rings is 1. The van der Waals surface area contributed by atoms with Gasteiger partial charge in [-0.3, -0.25) is 0 Å². The van der Waals surface area contributed by atoms with Crippen LogP contribution < -0.4 is 9.47 Å². The monoisotopic (exact) mass is 354 g/mol. The Bertz CT molecular complexity index is 1050. The average Bonchev–Trinajstić information content (AvgIpc) is 3.35. The predicted octanol–water partition coefficient (Wildman–Crippen LogP) is 3.81. The van der Waals surface area contributed by atoms with Gasteiger partial charge in [-0.05, 0) is 41.8 Å². The van der Waals surface area contributed by atoms with Crippen molar-refractivity contribution in [2.75, 3.05) is 6.79 Å². The van der Waals surface area contributed by atoms with Gasteiger partial charge >= 0.3 is 0 Å². The maximum absolute atomic E-state index is 5.43. The molecule has 0 saturated carbocycles. The molecular weight excluding hydrogens is 344 g/mol. The topological polar surface area (TPSA) is 61.5 Å². The van der Waals surface area contributed by atoms with Crippen LogP contribution in [0.25, 0.3) is 28.5 Å². The minimum absolute atomic E-state index is 0.252. The van der Waals surface area contributed by atoms with Crippen molar-refractivity contribution in [1.29, 1.82) is 0 Å². The molecule has 3 aromatic heterocycles. The molecule has 118 valence electrons. The van der Waals surface area contributed by atoms with E-state index in [4.69, 9.17) is 9.47 Å². The van der Waals surface area contributed by atoms with Crippen LogP contribution in [0.2, 0.25) is 0 Å². The molecule has 1 aromatic carbocycles. The highest BCUT2D eigenvalue weighted by molar-refractivity contribution is 7.17. The lowest BCUT2D eigenvalue weighted by molar-refractivity contribution is 0.174. The lowest BCUT2D eigenvalue weighted by Gasteiger charge is -1.99. The van der Waals surface area contributed by atoms with E-state index in [1.165, 1.54) is 16.2 Å². The molecule has 0 radical (unpaired) electrons. The second-order valence-corrected chi connectivity index (χ2v) is 7.04. The van der Waals surface area contributed by atoms with Crippen LogP contribution in [0.4, 0.5) is 0 Å². The Morgan fingerprint density at radius 2 is 2.04 bits per heavy atom. The minimum Gasteiger partial charge on any atom is -0.454 e. The summed E-state index contributed by atoms with van der Waals surface area (Å²) in [5, 5.41) is 16.0. The maximum Gasteiger partial charge on any atom is 0.235 e. The summed E-state index contributed by atoms with van der Waals surface area (Å²) >= 11 is 3.19. The number of hydrogen-bond acceptors (Lipinski definition) is 7. The largest absolute Gasteiger partial charge is 0.454 e. The van der Waals surface area contributed by atoms with Gasteiger partial charge in [-0.15, -0.1) is 21.5 Å². The van der Waals surface area contributed by atoms with E-state index in [0.29, 0.717) is 5.82 Å². The third-order valence-electron chi connectivity index (χ3n) is 3.57. The van der Waals surface area contributed by atoms with Gasteiger partial charge in [0.05, 0.1) is 0 Å². The van der Waals surface area contributed by atoms with Crippen LogP contribution in [-0.4, -0.2) is 26.6 Å². The second kappa shape index (κ2) is 5.43. The molecule has 0 amide bonds. The van der Waals surface area contributed by atoms with Gasteiger partial charge in [0.2, 0.25) is 11.8 Å². The zero-order valence-electron chi connectivity index (χ0n) is 12.2. The van der Waals surface area contributed by atoms with E-state index in [1.54, 1.807) is 15.9 Å². The summed E-state index contributed by atoms with van der Waals surface area (Å²) in [6.45, 7) is 0.252. The van der Waals surface area contributed by atoms with Crippen LogP contribution in [0.3, 0.4) is 0 Å². The standard InChI is InChI=1S/C16H10N4O2S2/c1-2-11(23-7-1)4-6-14-19-20-15(17-18-16(20)24-14)10-3-5-12-13(8-10)22-9-21-12/h1-8H,9H2/b6-4+. The molecule has 1 aliphatic heterocycles. The lowest BCUT2D eigenvalue weighted by atomic mass is 10.2. The van der Waals surface area contributed by atoms with Crippen LogP contribution in [0, 0.1) is 0 Å². The van der Waals surface area contributed by atoms with Crippen molar-refractivity contribution >= 4 is 39.8 Å². The second-order valence-electron chi connectivity index (χ2n) is 5.08. The van der Waals surface area contributed by atoms with E-state index in [9.17, 15) is 0 Å². The molecule has 0 saturated heterocycles. The summed E-state index contributed by atoms with van der Waals surface area (Å²) in [5.74, 6) is 2.16. The summed E-state index contributed by atoms with van der Waals surface area (Å²) in [7, 11) is 0. The van der Waals surface area contributed by atoms with E-state index >= 15 is 0 Å². The highest BCUT2D eigenvalue weighted by atomic mass is 32.1. The zero-order valence-corrected chi connectivity index (χ0v) is 13.9. The van der Waals surface area contributed by atoms with Gasteiger partial charge in [0.25, 0.3) is 0 Å². The Hall–Kier alpha value is -2.71. The molecule has 4 heterocycles. The van der Waals surface area contributed by atoms with Crippen molar-refractivity contribution in [3.63, 3.8) is 0 Å². The van der Waals surface area contributed by atoms with Crippen LogP contribution in [-0.2, 0) is 0 Å². The number of ether oxygens (including phenoxy) is 2. The Balaban J connectivity index is 1.53. The summed E-state index contributed by atoms with van der Waals surface area (Å²) in [4.78, 5) is 1.95. The summed E-state index contributed by atoms with van der Waals surface area (Å²) in [5.41, 5.74) is 0.894. The molecule has 0 aliphatic carbocycles. The predicted molar refractivity (Wildman–Crippen MR) is 93.5 cm³/mol. The molecule has 5 rings (SSSR count). The van der Waals surface area contributed by atoms with Gasteiger partial charge in [0.1, 0.15) is 5.01 Å². The van der Waals surface area contributed by atoms with E-state index in [2.05, 4.69) is 32.8 Å². The van der Waals surface area contributed by atoms with Crippen molar-refractivity contribution in [1.82, 2.24) is 19.8 Å². The molecule has 8 heteroatoms. The van der Waals surface area contributed by atoms with Gasteiger partial charge in [-0.1, -0.05) is 17.4 Å². The Labute approximate surface area is 144 Å². The first-order valence-electron chi connectivity index (χ1n) is 7.21. The fourth-order valence-corrected chi connectivity index (χ4v) is 3.81. The normalized spacial score (nSPS) is 13.3. The number of benzene rings is 1. The first-order valence-corrected chi connectivity index (χ1v) is 8.90. The molecule has 0 spiro atoms. The Kier molecular flexibility index (Phi) is 3.10. The first kappa shape index (κ1) is 13.7. The molecule has 0 bridgehead atoms. The van der Waals surface area contributed by atoms with Gasteiger partial charge < -0.3 is 9.47 Å². The van der Waals surface area contributed by atoms with Gasteiger partial charge in [-0.2, -0.15) is 9.61 Å². The van der Waals surface area contributed by atoms with Crippen LogP contribution in [0.15, 0.2) is 35.7 Å². The fourth-order valence-electron chi connectivity index (χ4n) is 2.45. The number of fused-ring (bicyclic) bond motifs is 2. The van der Waals surface area contributed by atoms with E-state index in [-0.39, 0.29) is 6.79 Å². The summed E-state index contributed by atoms with van der Waals surface area (Å²) < 4.78 is 12.5. The molecule has 1 aliphatic rings. The molecule has 4 aromatic rings. The van der Waals surface area contributed by atoms with Crippen molar-refractivity contribution in [3.05, 3.63) is 45.6 Å². The lowest BCUT2D eigenvalue weighted by Crippen LogP contribution is -1.93. The van der Waals surface area contributed by atoms with Crippen molar-refractivity contribution < 1.29 is 9.47 Å². The van der Waals surface area contributed by atoms with E-state index < -0.39 is 0 Å². The highest BCUT2D eigenvalue weighted by Gasteiger charge is 2.18. The zero-order chi connectivity index (χ0) is 15.9. The van der Waals surface area contributed by atoms with Crippen LogP contribution in [0.5, 0.6) is 11.5 Å². The Morgan fingerprint density at radius 3 is 2.96 bits per heavy atom. The van der Waals surface area contributed by atoms with Crippen LogP contribution in [0.1, 0.15) is 9.88 Å². The SMILES string of the molecule is C(=C\c1nn2c(-c3ccc4c(c3)OCO4)nnc2s1)/c1cccs1. The fraction of sp³-hybridized carbons (Fsp3) is 0.0625. The average molecular weight is 354 g/mol. The molecule has 6 nitrogen and oxygen atoms in total. The smallest absolute Gasteiger partial charge is 0.235 e. The summed E-state index contributed by atoms with van der Waals surface area (Å²) in [6.07, 6.45) is 4.05. The third-order valence-corrected chi connectivity index (χ3v) is 5.27. The molecular formula is C16H10N4O2S2.